The molecule has 4 amide bonds. The minimum Gasteiger partial charge on any atom is -0.481 e. The zero-order valence-electron chi connectivity index (χ0n) is 36.6. The number of carbonyl (C=O) groups is 5. The highest BCUT2D eigenvalue weighted by Crippen LogP contribution is 2.30. The van der Waals surface area contributed by atoms with Crippen molar-refractivity contribution in [3.63, 3.8) is 0 Å². The second-order valence-corrected chi connectivity index (χ2v) is 16.6. The van der Waals surface area contributed by atoms with Gasteiger partial charge in [0.2, 0.25) is 23.6 Å². The second kappa shape index (κ2) is 23.7. The zero-order chi connectivity index (χ0) is 43.1. The normalized spacial score (nSPS) is 19.3. The van der Waals surface area contributed by atoms with Gasteiger partial charge in [-0.2, -0.15) is 0 Å². The molecule has 14 nitrogen and oxygen atoms in total. The number of nitrogens with zero attached hydrogens (tertiary/aromatic N) is 3. The number of carbonyl (C=O) groups excluding carboxylic acids is 4. The molecule has 0 unspecified atom stereocenters. The monoisotopic (exact) mass is 804 g/mol. The van der Waals surface area contributed by atoms with Crippen LogP contribution in [0.3, 0.4) is 0 Å². The minimum atomic E-state index is -0.894. The third-order valence-corrected chi connectivity index (χ3v) is 11.8. The van der Waals surface area contributed by atoms with Crippen molar-refractivity contribution >= 4 is 29.6 Å². The molecule has 0 saturated carbocycles. The Morgan fingerprint density at radius 2 is 1.54 bits per heavy atom. The van der Waals surface area contributed by atoms with Gasteiger partial charge in [0.1, 0.15) is 6.04 Å². The number of likely N-dealkylation sites (tertiary alicyclic amines) is 1. The van der Waals surface area contributed by atoms with Crippen molar-refractivity contribution in [1.29, 1.82) is 0 Å². The molecule has 0 bridgehead atoms. The molecule has 1 aliphatic rings. The third kappa shape index (κ3) is 13.8. The van der Waals surface area contributed by atoms with Gasteiger partial charge < -0.3 is 40.1 Å². The van der Waals surface area contributed by atoms with Crippen LogP contribution in [0.25, 0.3) is 0 Å². The maximum Gasteiger partial charge on any atom is 0.303 e. The third-order valence-electron chi connectivity index (χ3n) is 11.8. The lowest BCUT2D eigenvalue weighted by molar-refractivity contribution is -0.148. The highest BCUT2D eigenvalue weighted by Gasteiger charge is 2.43. The van der Waals surface area contributed by atoms with E-state index >= 15 is 0 Å². The summed E-state index contributed by atoms with van der Waals surface area (Å²) >= 11 is 0. The Kier molecular flexibility index (Phi) is 20.6. The molecule has 1 aromatic carbocycles. The molecule has 1 fully saturated rings. The average molecular weight is 804 g/mol. The van der Waals surface area contributed by atoms with Crippen LogP contribution in [0.4, 0.5) is 0 Å². The number of carboxylic acids is 1. The number of ether oxygens (including phenoxy) is 2. The Labute approximate surface area is 341 Å². The van der Waals surface area contributed by atoms with Crippen LogP contribution in [-0.4, -0.2) is 138 Å². The smallest absolute Gasteiger partial charge is 0.303 e. The number of aliphatic hydroxyl groups excluding tert-OH is 1. The number of carboxylic acid groups (broad SMARTS) is 1. The lowest BCUT2D eigenvalue weighted by atomic mass is 9.89. The molecule has 2 rings (SSSR count). The van der Waals surface area contributed by atoms with E-state index in [1.807, 2.05) is 76.8 Å². The fourth-order valence-electron chi connectivity index (χ4n) is 8.28. The first-order valence-corrected chi connectivity index (χ1v) is 20.7. The average Bonchev–Trinajstić information content (AvgIpc) is 3.65. The van der Waals surface area contributed by atoms with Gasteiger partial charge in [0.25, 0.3) is 0 Å². The van der Waals surface area contributed by atoms with Gasteiger partial charge in [-0.15, -0.1) is 0 Å². The molecule has 0 aliphatic carbocycles. The summed E-state index contributed by atoms with van der Waals surface area (Å²) in [5, 5.41) is 25.9. The number of hydrogen-bond acceptors (Lipinski definition) is 9. The number of benzene rings is 1. The summed E-state index contributed by atoms with van der Waals surface area (Å²) in [7, 11) is 6.57. The topological polar surface area (TPSA) is 178 Å². The summed E-state index contributed by atoms with van der Waals surface area (Å²) < 4.78 is 11.9. The highest BCUT2D eigenvalue weighted by molar-refractivity contribution is 5.90. The number of likely N-dealkylation sites (N-methyl/N-ethyl adjacent to an activating group) is 2. The van der Waals surface area contributed by atoms with Gasteiger partial charge in [0.05, 0.1) is 54.8 Å². The van der Waals surface area contributed by atoms with Gasteiger partial charge in [-0.3, -0.25) is 28.9 Å². The van der Waals surface area contributed by atoms with E-state index in [0.29, 0.717) is 37.9 Å². The van der Waals surface area contributed by atoms with Gasteiger partial charge in [0.15, 0.2) is 0 Å². The van der Waals surface area contributed by atoms with Gasteiger partial charge in [-0.25, -0.2) is 0 Å². The quantitative estimate of drug-likeness (QED) is 0.119. The van der Waals surface area contributed by atoms with Crippen molar-refractivity contribution in [1.82, 2.24) is 25.3 Å². The van der Waals surface area contributed by atoms with E-state index < -0.39 is 54.4 Å². The molecule has 0 aromatic heterocycles. The molecule has 0 radical (unpaired) electrons. The van der Waals surface area contributed by atoms with Crippen LogP contribution in [0.15, 0.2) is 30.3 Å². The summed E-state index contributed by atoms with van der Waals surface area (Å²) in [6, 6.07) is 6.28. The second-order valence-electron chi connectivity index (χ2n) is 16.6. The predicted octanol–water partition coefficient (Wildman–Crippen LogP) is 4.11. The van der Waals surface area contributed by atoms with Crippen molar-refractivity contribution in [2.45, 2.75) is 142 Å². The predicted molar refractivity (Wildman–Crippen MR) is 220 cm³/mol. The summed E-state index contributed by atoms with van der Waals surface area (Å²) in [4.78, 5) is 72.2. The van der Waals surface area contributed by atoms with Crippen LogP contribution in [0.1, 0.15) is 106 Å². The van der Waals surface area contributed by atoms with E-state index in [2.05, 4.69) is 10.6 Å². The number of methoxy groups -OCH3 is 2. The molecule has 1 aromatic rings. The standard InChI is InChI=1S/C43H73N5O9/c1-13-28(6)38(47(10)43(55)36(26(2)3)45-42(54)37(27(4)5)46(9)23-18-22-35(50)51)33(56-11)25-34(49)48-24-17-21-32(48)40(57-12)29(7)41(53)44-30(8)39(52)31-19-15-14-16-20-31/h14-16,19-20,26-30,32-33,36-40,52H,13,17-18,21-25H2,1-12H3,(H,44,53)(H,45,54)(H,50,51)/t28-,29+,30+,32-,33+,36-,37-,38-,39+,40+/m0/s1. The number of aliphatic carboxylic acids is 1. The fourth-order valence-corrected chi connectivity index (χ4v) is 8.28. The summed E-state index contributed by atoms with van der Waals surface area (Å²) in [6.45, 7) is 16.1. The van der Waals surface area contributed by atoms with Crippen molar-refractivity contribution in [2.24, 2.45) is 23.7 Å². The summed E-state index contributed by atoms with van der Waals surface area (Å²) in [5.74, 6) is -2.99. The number of hydrogen-bond donors (Lipinski definition) is 4. The molecular weight excluding hydrogens is 730 g/mol. The molecule has 4 N–H and O–H groups in total. The number of amides is 4. The Morgan fingerprint density at radius 3 is 2.07 bits per heavy atom. The SMILES string of the molecule is CC[C@H](C)[C@@H]([C@@H](CC(=O)N1CCC[C@H]1[C@H](OC)[C@@H](C)C(=O)N[C@H](C)[C@@H](O)c1ccccc1)OC)N(C)C(=O)[C@@H](NC(=O)[C@H](C(C)C)N(C)CCCC(=O)O)C(C)C. The summed E-state index contributed by atoms with van der Waals surface area (Å²) in [5.41, 5.74) is 0.698. The van der Waals surface area contributed by atoms with Crippen molar-refractivity contribution in [2.75, 3.05) is 41.4 Å². The first kappa shape index (κ1) is 49.6. The maximum atomic E-state index is 14.4. The molecule has 14 heteroatoms. The molecule has 1 aliphatic heterocycles. The van der Waals surface area contributed by atoms with E-state index in [-0.39, 0.29) is 60.3 Å². The van der Waals surface area contributed by atoms with Gasteiger partial charge in [-0.1, -0.05) is 85.2 Å². The number of rotatable bonds is 24. The molecule has 0 spiro atoms. The van der Waals surface area contributed by atoms with Crippen LogP contribution in [0, 0.1) is 23.7 Å². The fraction of sp³-hybridized carbons (Fsp3) is 0.744. The maximum absolute atomic E-state index is 14.4. The van der Waals surface area contributed by atoms with Crippen LogP contribution >= 0.6 is 0 Å². The highest BCUT2D eigenvalue weighted by atomic mass is 16.5. The Balaban J connectivity index is 2.25. The van der Waals surface area contributed by atoms with Gasteiger partial charge in [0, 0.05) is 34.2 Å². The summed E-state index contributed by atoms with van der Waals surface area (Å²) in [6.07, 6.45) is 0.305. The van der Waals surface area contributed by atoms with Crippen molar-refractivity contribution in [3.05, 3.63) is 35.9 Å². The zero-order valence-corrected chi connectivity index (χ0v) is 36.6. The number of nitrogens with one attached hydrogen (secondary N) is 2. The van der Waals surface area contributed by atoms with Crippen LogP contribution < -0.4 is 10.6 Å². The Morgan fingerprint density at radius 1 is 0.912 bits per heavy atom. The first-order chi connectivity index (χ1) is 26.8. The Hall–Kier alpha value is -3.59. The molecule has 1 heterocycles. The van der Waals surface area contributed by atoms with E-state index in [9.17, 15) is 29.1 Å². The van der Waals surface area contributed by atoms with Gasteiger partial charge in [-0.05, 0) is 63.1 Å². The van der Waals surface area contributed by atoms with Crippen molar-refractivity contribution < 1.29 is 43.7 Å². The van der Waals surface area contributed by atoms with E-state index in [1.165, 1.54) is 7.11 Å². The molecule has 1 saturated heterocycles. The first-order valence-electron chi connectivity index (χ1n) is 20.7. The Bertz CT molecular complexity index is 1430. The molecular formula is C43H73N5O9. The van der Waals surface area contributed by atoms with E-state index in [0.717, 1.165) is 6.42 Å². The lowest BCUT2D eigenvalue weighted by Gasteiger charge is -2.41. The van der Waals surface area contributed by atoms with Crippen LogP contribution in [0.5, 0.6) is 0 Å². The lowest BCUT2D eigenvalue weighted by Crippen LogP contribution is -2.60. The number of aliphatic hydroxyl groups is 1. The largest absolute Gasteiger partial charge is 0.481 e. The minimum absolute atomic E-state index is 0.00279. The molecule has 57 heavy (non-hydrogen) atoms. The molecule has 10 atom stereocenters. The van der Waals surface area contributed by atoms with Gasteiger partial charge >= 0.3 is 5.97 Å². The van der Waals surface area contributed by atoms with Crippen molar-refractivity contribution in [3.8, 4) is 0 Å². The van der Waals surface area contributed by atoms with Crippen LogP contribution in [-0.2, 0) is 33.4 Å². The van der Waals surface area contributed by atoms with Crippen LogP contribution in [0.2, 0.25) is 0 Å². The van der Waals surface area contributed by atoms with E-state index in [4.69, 9.17) is 14.6 Å². The van der Waals surface area contributed by atoms with E-state index in [1.54, 1.807) is 44.9 Å². The molecule has 324 valence electrons.